The van der Waals surface area contributed by atoms with Crippen LogP contribution in [-0.2, 0) is 9.53 Å². The molecule has 0 spiro atoms. The molecule has 1 unspecified atom stereocenters. The van der Waals surface area contributed by atoms with Gasteiger partial charge in [-0.3, -0.25) is 4.79 Å². The Morgan fingerprint density at radius 1 is 1.50 bits per heavy atom. The molecule has 0 aliphatic carbocycles. The van der Waals surface area contributed by atoms with Crippen LogP contribution in [0.15, 0.2) is 0 Å². The van der Waals surface area contributed by atoms with Gasteiger partial charge in [-0.2, -0.15) is 0 Å². The summed E-state index contributed by atoms with van der Waals surface area (Å²) in [5, 5.41) is 6.53. The zero-order valence-electron chi connectivity index (χ0n) is 10.1. The summed E-state index contributed by atoms with van der Waals surface area (Å²) in [6.45, 7) is 5.47. The number of hydrogen-bond donors (Lipinski definition) is 2. The summed E-state index contributed by atoms with van der Waals surface area (Å²) in [6.07, 6.45) is 4.11. The van der Waals surface area contributed by atoms with Crippen molar-refractivity contribution < 1.29 is 9.53 Å². The van der Waals surface area contributed by atoms with Crippen LogP contribution >= 0.6 is 0 Å². The zero-order chi connectivity index (χ0) is 11.4. The highest BCUT2D eigenvalue weighted by molar-refractivity contribution is 5.78. The van der Waals surface area contributed by atoms with E-state index in [-0.39, 0.29) is 17.4 Å². The molecule has 0 radical (unpaired) electrons. The Labute approximate surface area is 97.1 Å². The molecule has 0 bridgehead atoms. The minimum absolute atomic E-state index is 0.112. The molecular formula is C12H22N2O2. The van der Waals surface area contributed by atoms with Gasteiger partial charge in [0.2, 0.25) is 5.91 Å². The maximum absolute atomic E-state index is 11.9. The lowest BCUT2D eigenvalue weighted by atomic mass is 9.97. The largest absolute Gasteiger partial charge is 0.381 e. The third-order valence-electron chi connectivity index (χ3n) is 3.70. The molecule has 2 aliphatic rings. The molecule has 0 saturated carbocycles. The molecule has 2 aliphatic heterocycles. The van der Waals surface area contributed by atoms with E-state index in [2.05, 4.69) is 17.6 Å². The number of carbonyl (C=O) groups excluding carboxylic acids is 1. The maximum atomic E-state index is 11.9. The average Bonchev–Trinajstić information content (AvgIpc) is 2.75. The number of ether oxygens (including phenoxy) is 1. The van der Waals surface area contributed by atoms with Gasteiger partial charge in [0.25, 0.3) is 0 Å². The van der Waals surface area contributed by atoms with Crippen LogP contribution in [0.1, 0.15) is 32.6 Å². The lowest BCUT2D eigenvalue weighted by molar-refractivity contribution is -0.128. The van der Waals surface area contributed by atoms with Crippen molar-refractivity contribution >= 4 is 5.91 Å². The summed E-state index contributed by atoms with van der Waals surface area (Å²) in [7, 11) is 0. The Bertz CT molecular complexity index is 243. The summed E-state index contributed by atoms with van der Waals surface area (Å²) < 4.78 is 5.26. The van der Waals surface area contributed by atoms with E-state index in [4.69, 9.17) is 4.74 Å². The number of nitrogens with one attached hydrogen (secondary N) is 2. The molecule has 16 heavy (non-hydrogen) atoms. The smallest absolute Gasteiger partial charge is 0.223 e. The Balaban J connectivity index is 1.74. The molecule has 0 aromatic rings. The quantitative estimate of drug-likeness (QED) is 0.743. The Hall–Kier alpha value is -0.610. The molecule has 1 amide bonds. The number of hydrogen-bond acceptors (Lipinski definition) is 3. The highest BCUT2D eigenvalue weighted by atomic mass is 16.5. The third-order valence-corrected chi connectivity index (χ3v) is 3.70. The van der Waals surface area contributed by atoms with Gasteiger partial charge >= 0.3 is 0 Å². The van der Waals surface area contributed by atoms with Crippen LogP contribution in [0.5, 0.6) is 0 Å². The van der Waals surface area contributed by atoms with Crippen molar-refractivity contribution in [1.82, 2.24) is 10.6 Å². The predicted octanol–water partition coefficient (Wildman–Crippen LogP) is 0.671. The molecule has 4 nitrogen and oxygen atoms in total. The van der Waals surface area contributed by atoms with Gasteiger partial charge in [-0.1, -0.05) is 0 Å². The lowest BCUT2D eigenvalue weighted by Crippen LogP contribution is -2.49. The fourth-order valence-corrected chi connectivity index (χ4v) is 2.49. The SMILES string of the molecule is CC1(CNC(=O)C2CCOCC2)CCCN1. The first-order chi connectivity index (χ1) is 7.70. The zero-order valence-corrected chi connectivity index (χ0v) is 10.1. The molecular weight excluding hydrogens is 204 g/mol. The summed E-state index contributed by atoms with van der Waals surface area (Å²) in [5.41, 5.74) is 0.112. The Kier molecular flexibility index (Phi) is 3.82. The fraction of sp³-hybridized carbons (Fsp3) is 0.917. The van der Waals surface area contributed by atoms with Gasteiger partial charge in [0.05, 0.1) is 0 Å². The first-order valence-corrected chi connectivity index (χ1v) is 6.30. The molecule has 2 heterocycles. The van der Waals surface area contributed by atoms with Gasteiger partial charge in [-0.25, -0.2) is 0 Å². The standard InChI is InChI=1S/C12H22N2O2/c1-12(5-2-6-14-12)9-13-11(15)10-3-7-16-8-4-10/h10,14H,2-9H2,1H3,(H,13,15). The van der Waals surface area contributed by atoms with E-state index in [1.165, 1.54) is 6.42 Å². The highest BCUT2D eigenvalue weighted by Crippen LogP contribution is 2.18. The van der Waals surface area contributed by atoms with E-state index in [1.807, 2.05) is 0 Å². The van der Waals surface area contributed by atoms with Gasteiger partial charge in [0, 0.05) is 31.2 Å². The monoisotopic (exact) mass is 226 g/mol. The highest BCUT2D eigenvalue weighted by Gasteiger charge is 2.29. The van der Waals surface area contributed by atoms with Crippen LogP contribution in [0.25, 0.3) is 0 Å². The molecule has 4 heteroatoms. The molecule has 0 aromatic heterocycles. The second kappa shape index (κ2) is 5.15. The predicted molar refractivity (Wildman–Crippen MR) is 62.2 cm³/mol. The molecule has 92 valence electrons. The Morgan fingerprint density at radius 3 is 2.88 bits per heavy atom. The van der Waals surface area contributed by atoms with Crippen LogP contribution in [0.2, 0.25) is 0 Å². The van der Waals surface area contributed by atoms with E-state index in [1.54, 1.807) is 0 Å². The Morgan fingerprint density at radius 2 is 2.25 bits per heavy atom. The maximum Gasteiger partial charge on any atom is 0.223 e. The minimum atomic E-state index is 0.112. The van der Waals surface area contributed by atoms with Gasteiger partial charge in [-0.05, 0) is 39.2 Å². The van der Waals surface area contributed by atoms with Crippen LogP contribution in [0.4, 0.5) is 0 Å². The van der Waals surface area contributed by atoms with Crippen molar-refractivity contribution in [2.24, 2.45) is 5.92 Å². The second-order valence-corrected chi connectivity index (χ2v) is 5.20. The molecule has 0 aromatic carbocycles. The van der Waals surface area contributed by atoms with Crippen molar-refractivity contribution in [3.05, 3.63) is 0 Å². The van der Waals surface area contributed by atoms with Crippen molar-refractivity contribution in [1.29, 1.82) is 0 Å². The number of amides is 1. The normalized spacial score (nSPS) is 31.6. The number of carbonyl (C=O) groups is 1. The van der Waals surface area contributed by atoms with Crippen LogP contribution in [0.3, 0.4) is 0 Å². The van der Waals surface area contributed by atoms with Gasteiger partial charge in [-0.15, -0.1) is 0 Å². The van der Waals surface area contributed by atoms with E-state index < -0.39 is 0 Å². The average molecular weight is 226 g/mol. The summed E-state index contributed by atoms with van der Waals surface area (Å²) in [6, 6.07) is 0. The summed E-state index contributed by atoms with van der Waals surface area (Å²) >= 11 is 0. The minimum Gasteiger partial charge on any atom is -0.381 e. The summed E-state index contributed by atoms with van der Waals surface area (Å²) in [5.74, 6) is 0.372. The topological polar surface area (TPSA) is 50.4 Å². The molecule has 2 fully saturated rings. The van der Waals surface area contributed by atoms with Gasteiger partial charge in [0.1, 0.15) is 0 Å². The van der Waals surface area contributed by atoms with Crippen LogP contribution < -0.4 is 10.6 Å². The van der Waals surface area contributed by atoms with E-state index in [0.29, 0.717) is 0 Å². The first-order valence-electron chi connectivity index (χ1n) is 6.30. The van der Waals surface area contributed by atoms with Crippen molar-refractivity contribution in [2.75, 3.05) is 26.3 Å². The van der Waals surface area contributed by atoms with Gasteiger partial charge < -0.3 is 15.4 Å². The molecule has 1 atom stereocenters. The third kappa shape index (κ3) is 2.95. The van der Waals surface area contributed by atoms with Crippen LogP contribution in [0, 0.1) is 5.92 Å². The van der Waals surface area contributed by atoms with Crippen LogP contribution in [-0.4, -0.2) is 37.7 Å². The van der Waals surface area contributed by atoms with Crippen molar-refractivity contribution in [2.45, 2.75) is 38.1 Å². The molecule has 2 rings (SSSR count). The van der Waals surface area contributed by atoms with E-state index in [0.717, 1.165) is 45.6 Å². The lowest BCUT2D eigenvalue weighted by Gasteiger charge is -2.27. The van der Waals surface area contributed by atoms with Crippen molar-refractivity contribution in [3.63, 3.8) is 0 Å². The first kappa shape index (κ1) is 11.9. The molecule has 2 N–H and O–H groups in total. The molecule has 2 saturated heterocycles. The van der Waals surface area contributed by atoms with E-state index in [9.17, 15) is 4.79 Å². The summed E-state index contributed by atoms with van der Waals surface area (Å²) in [4.78, 5) is 11.9. The van der Waals surface area contributed by atoms with E-state index >= 15 is 0 Å². The van der Waals surface area contributed by atoms with Crippen molar-refractivity contribution in [3.8, 4) is 0 Å². The second-order valence-electron chi connectivity index (χ2n) is 5.20. The number of rotatable bonds is 3. The fourth-order valence-electron chi connectivity index (χ4n) is 2.49. The van der Waals surface area contributed by atoms with Gasteiger partial charge in [0.15, 0.2) is 0 Å².